The summed E-state index contributed by atoms with van der Waals surface area (Å²) in [6.45, 7) is 0. The minimum atomic E-state index is -0.110. The molecule has 0 bridgehead atoms. The van der Waals surface area contributed by atoms with Gasteiger partial charge < -0.3 is 11.5 Å². The lowest BCUT2D eigenvalue weighted by molar-refractivity contribution is 0.102. The van der Waals surface area contributed by atoms with Crippen molar-refractivity contribution < 1.29 is 4.79 Å². The maximum absolute atomic E-state index is 11.3. The van der Waals surface area contributed by atoms with E-state index >= 15 is 0 Å². The summed E-state index contributed by atoms with van der Waals surface area (Å²) < 4.78 is 0. The molecule has 5 heteroatoms. The Hall–Kier alpha value is -0.740. The van der Waals surface area contributed by atoms with Crippen LogP contribution in [0.25, 0.3) is 0 Å². The van der Waals surface area contributed by atoms with Gasteiger partial charge in [-0.25, -0.2) is 0 Å². The first-order valence-electron chi connectivity index (χ1n) is 3.50. The van der Waals surface area contributed by atoms with Crippen LogP contribution in [0.5, 0.6) is 0 Å². The Balaban J connectivity index is 3.23. The average molecular weight is 264 g/mol. The van der Waals surface area contributed by atoms with Gasteiger partial charge in [0.25, 0.3) is 0 Å². The molecular weight excluding hydrogens is 255 g/mol. The third kappa shape index (κ3) is 2.14. The molecule has 0 fully saturated rings. The van der Waals surface area contributed by atoms with Crippen LogP contribution in [-0.2, 0) is 0 Å². The number of carbonyl (C=O) groups is 1. The van der Waals surface area contributed by atoms with E-state index in [-0.39, 0.29) is 11.1 Å². The molecule has 4 N–H and O–H groups in total. The normalized spacial score (nSPS) is 10.0. The Bertz CT molecular complexity index is 354. The Morgan fingerprint density at radius 1 is 1.38 bits per heavy atom. The Kier molecular flexibility index (Phi) is 3.17. The summed E-state index contributed by atoms with van der Waals surface area (Å²) in [7, 11) is 0. The van der Waals surface area contributed by atoms with Crippen molar-refractivity contribution in [1.82, 2.24) is 0 Å². The van der Waals surface area contributed by atoms with Crippen LogP contribution in [0.15, 0.2) is 12.1 Å². The lowest BCUT2D eigenvalue weighted by atomic mass is 10.1. The van der Waals surface area contributed by atoms with Crippen molar-refractivity contribution in [3.05, 3.63) is 22.7 Å². The molecule has 0 aliphatic rings. The van der Waals surface area contributed by atoms with E-state index in [0.29, 0.717) is 22.0 Å². The Morgan fingerprint density at radius 2 is 2.00 bits per heavy atom. The second kappa shape index (κ2) is 3.98. The van der Waals surface area contributed by atoms with Crippen LogP contribution >= 0.6 is 27.5 Å². The predicted molar refractivity (Wildman–Crippen MR) is 58.4 cm³/mol. The molecule has 0 aliphatic heterocycles. The summed E-state index contributed by atoms with van der Waals surface area (Å²) in [6, 6.07) is 2.97. The van der Waals surface area contributed by atoms with Crippen LogP contribution in [0.1, 0.15) is 10.4 Å². The summed E-state index contributed by atoms with van der Waals surface area (Å²) in [5.74, 6) is -0.110. The number of benzene rings is 1. The molecule has 0 aromatic heterocycles. The summed E-state index contributed by atoms with van der Waals surface area (Å²) in [4.78, 5) is 11.3. The van der Waals surface area contributed by atoms with Crippen molar-refractivity contribution in [1.29, 1.82) is 0 Å². The van der Waals surface area contributed by atoms with E-state index in [0.717, 1.165) is 0 Å². The number of nitrogen functional groups attached to an aromatic ring is 2. The van der Waals surface area contributed by atoms with Crippen molar-refractivity contribution >= 4 is 44.7 Å². The zero-order chi connectivity index (χ0) is 10.0. The fourth-order valence-corrected chi connectivity index (χ4v) is 1.39. The van der Waals surface area contributed by atoms with Crippen LogP contribution in [0.3, 0.4) is 0 Å². The number of halogens is 2. The molecule has 13 heavy (non-hydrogen) atoms. The highest BCUT2D eigenvalue weighted by Crippen LogP contribution is 2.25. The number of alkyl halides is 1. The number of hydrogen-bond donors (Lipinski definition) is 2. The van der Waals surface area contributed by atoms with Crippen LogP contribution in [0.2, 0.25) is 5.02 Å². The van der Waals surface area contributed by atoms with Crippen molar-refractivity contribution in [3.8, 4) is 0 Å². The summed E-state index contributed by atoms with van der Waals surface area (Å²) >= 11 is 8.76. The SMILES string of the molecule is Nc1cc(C(=O)CBr)c(N)cc1Cl. The fraction of sp³-hybridized carbons (Fsp3) is 0.125. The molecule has 1 aromatic rings. The van der Waals surface area contributed by atoms with Crippen LogP contribution in [-0.4, -0.2) is 11.1 Å². The molecule has 3 nitrogen and oxygen atoms in total. The van der Waals surface area contributed by atoms with E-state index in [1.807, 2.05) is 0 Å². The van der Waals surface area contributed by atoms with Gasteiger partial charge in [-0.2, -0.15) is 0 Å². The Labute approximate surface area is 89.2 Å². The average Bonchev–Trinajstić information content (AvgIpc) is 2.10. The van der Waals surface area contributed by atoms with Crippen molar-refractivity contribution in [2.75, 3.05) is 16.8 Å². The van der Waals surface area contributed by atoms with E-state index in [4.69, 9.17) is 23.1 Å². The summed E-state index contributed by atoms with van der Waals surface area (Å²) in [5.41, 5.74) is 12.2. The smallest absolute Gasteiger partial charge is 0.175 e. The van der Waals surface area contributed by atoms with Gasteiger partial charge in [-0.15, -0.1) is 0 Å². The van der Waals surface area contributed by atoms with E-state index < -0.39 is 0 Å². The fourth-order valence-electron chi connectivity index (χ4n) is 0.919. The highest BCUT2D eigenvalue weighted by molar-refractivity contribution is 9.09. The van der Waals surface area contributed by atoms with Gasteiger partial charge in [-0.1, -0.05) is 27.5 Å². The molecule has 0 radical (unpaired) electrons. The molecule has 0 amide bonds. The second-order valence-corrected chi connectivity index (χ2v) is 3.49. The molecule has 0 atom stereocenters. The number of rotatable bonds is 2. The number of carbonyl (C=O) groups excluding carboxylic acids is 1. The maximum Gasteiger partial charge on any atom is 0.175 e. The highest BCUT2D eigenvalue weighted by Gasteiger charge is 2.10. The number of ketones is 1. The minimum absolute atomic E-state index is 0.110. The van der Waals surface area contributed by atoms with Gasteiger partial charge in [-0.05, 0) is 12.1 Å². The molecule has 0 heterocycles. The molecule has 0 saturated heterocycles. The van der Waals surface area contributed by atoms with Crippen molar-refractivity contribution in [2.45, 2.75) is 0 Å². The molecule has 1 aromatic carbocycles. The summed E-state index contributed by atoms with van der Waals surface area (Å²) in [6.07, 6.45) is 0. The van der Waals surface area contributed by atoms with E-state index in [1.165, 1.54) is 12.1 Å². The molecule has 1 rings (SSSR count). The largest absolute Gasteiger partial charge is 0.398 e. The van der Waals surface area contributed by atoms with Gasteiger partial charge >= 0.3 is 0 Å². The topological polar surface area (TPSA) is 69.1 Å². The van der Waals surface area contributed by atoms with Gasteiger partial charge in [-0.3, -0.25) is 4.79 Å². The maximum atomic E-state index is 11.3. The van der Waals surface area contributed by atoms with E-state index in [1.54, 1.807) is 0 Å². The van der Waals surface area contributed by atoms with Crippen LogP contribution in [0.4, 0.5) is 11.4 Å². The molecule has 0 spiro atoms. The van der Waals surface area contributed by atoms with Crippen LogP contribution < -0.4 is 11.5 Å². The molecule has 0 unspecified atom stereocenters. The minimum Gasteiger partial charge on any atom is -0.398 e. The van der Waals surface area contributed by atoms with Gasteiger partial charge in [0, 0.05) is 11.3 Å². The quantitative estimate of drug-likeness (QED) is 0.488. The van der Waals surface area contributed by atoms with Gasteiger partial charge in [0.2, 0.25) is 0 Å². The standard InChI is InChI=1S/C8H8BrClN2O/c9-3-8(13)4-1-7(12)5(10)2-6(4)11/h1-2H,3,11-12H2. The van der Waals surface area contributed by atoms with Gasteiger partial charge in [0.1, 0.15) is 0 Å². The first kappa shape index (κ1) is 10.3. The monoisotopic (exact) mass is 262 g/mol. The van der Waals surface area contributed by atoms with Gasteiger partial charge in [0.05, 0.1) is 16.0 Å². The third-order valence-corrected chi connectivity index (χ3v) is 2.43. The highest BCUT2D eigenvalue weighted by atomic mass is 79.9. The number of hydrogen-bond acceptors (Lipinski definition) is 3. The molecule has 0 saturated carbocycles. The second-order valence-electron chi connectivity index (χ2n) is 2.52. The van der Waals surface area contributed by atoms with E-state index in [2.05, 4.69) is 15.9 Å². The lowest BCUT2D eigenvalue weighted by Crippen LogP contribution is -2.05. The first-order valence-corrected chi connectivity index (χ1v) is 5.00. The number of Topliss-reactive ketones (excluding diaryl/α,β-unsaturated/α-hetero) is 1. The van der Waals surface area contributed by atoms with Crippen molar-refractivity contribution in [2.24, 2.45) is 0 Å². The van der Waals surface area contributed by atoms with Gasteiger partial charge in [0.15, 0.2) is 5.78 Å². The summed E-state index contributed by atoms with van der Waals surface area (Å²) in [5, 5.41) is 0.585. The lowest BCUT2D eigenvalue weighted by Gasteiger charge is -2.05. The predicted octanol–water partition coefficient (Wildman–Crippen LogP) is 2.08. The first-order chi connectivity index (χ1) is 6.06. The molecule has 70 valence electrons. The van der Waals surface area contributed by atoms with E-state index in [9.17, 15) is 4.79 Å². The van der Waals surface area contributed by atoms with Crippen molar-refractivity contribution in [3.63, 3.8) is 0 Å². The Morgan fingerprint density at radius 3 is 2.54 bits per heavy atom. The number of nitrogens with two attached hydrogens (primary N) is 2. The third-order valence-electron chi connectivity index (χ3n) is 1.59. The molecular formula is C8H8BrClN2O. The van der Waals surface area contributed by atoms with Crippen LogP contribution in [0, 0.1) is 0 Å². The number of anilines is 2. The zero-order valence-electron chi connectivity index (χ0n) is 6.68. The molecule has 0 aliphatic carbocycles. The zero-order valence-corrected chi connectivity index (χ0v) is 9.02.